The Kier molecular flexibility index (Phi) is 11.4. The van der Waals surface area contributed by atoms with Gasteiger partial charge in [-0.15, -0.1) is 0 Å². The first kappa shape index (κ1) is 26.4. The highest BCUT2D eigenvalue weighted by Crippen LogP contribution is 2.38. The molecule has 1 heterocycles. The third-order valence-corrected chi connectivity index (χ3v) is 6.44. The maximum Gasteiger partial charge on any atom is 0.0701 e. The smallest absolute Gasteiger partial charge is 0.0701 e. The molecule has 0 radical (unpaired) electrons. The molecule has 0 saturated carbocycles. The fourth-order valence-electron chi connectivity index (χ4n) is 4.21. The maximum atomic E-state index is 6.50. The summed E-state index contributed by atoms with van der Waals surface area (Å²) >= 11 is 12.8. The molecule has 0 bridgehead atoms. The molecule has 0 aromatic heterocycles. The summed E-state index contributed by atoms with van der Waals surface area (Å²) in [6.07, 6.45) is 3.20. The van der Waals surface area contributed by atoms with Crippen LogP contribution in [-0.4, -0.2) is 64.7 Å². The molecule has 1 unspecified atom stereocenters. The van der Waals surface area contributed by atoms with E-state index in [1.165, 1.54) is 22.3 Å². The van der Waals surface area contributed by atoms with E-state index in [2.05, 4.69) is 42.3 Å². The standard InChI is InChI=1S/C26H36Cl2N2O3/c1-30-18-24(23-16-22(27)17-26(28)25(23)19-30)21-7-5-20(6-8-21)4-2-3-10-31-12-14-33-15-13-32-11-9-29/h5-8,16-17,24H,2-4,9-15,18-19,29H2,1H3. The zero-order chi connectivity index (χ0) is 23.5. The van der Waals surface area contributed by atoms with Gasteiger partial charge in [0.25, 0.3) is 0 Å². The molecule has 0 spiro atoms. The molecule has 1 aliphatic heterocycles. The van der Waals surface area contributed by atoms with Crippen LogP contribution in [0.2, 0.25) is 10.0 Å². The van der Waals surface area contributed by atoms with Gasteiger partial charge in [0.15, 0.2) is 0 Å². The Hall–Kier alpha value is -1.18. The van der Waals surface area contributed by atoms with Crippen molar-refractivity contribution < 1.29 is 14.2 Å². The molecule has 3 rings (SSSR count). The Labute approximate surface area is 208 Å². The largest absolute Gasteiger partial charge is 0.379 e. The van der Waals surface area contributed by atoms with Crippen LogP contribution in [0.3, 0.4) is 0 Å². The van der Waals surface area contributed by atoms with Crippen molar-refractivity contribution in [3.63, 3.8) is 0 Å². The second-order valence-electron chi connectivity index (χ2n) is 8.53. The predicted octanol–water partition coefficient (Wildman–Crippen LogP) is 4.90. The van der Waals surface area contributed by atoms with Gasteiger partial charge in [0.2, 0.25) is 0 Å². The average molecular weight is 495 g/mol. The van der Waals surface area contributed by atoms with E-state index >= 15 is 0 Å². The second-order valence-corrected chi connectivity index (χ2v) is 9.37. The average Bonchev–Trinajstić information content (AvgIpc) is 2.80. The molecule has 0 fully saturated rings. The Morgan fingerprint density at radius 1 is 0.909 bits per heavy atom. The fraction of sp³-hybridized carbons (Fsp3) is 0.538. The number of aryl methyl sites for hydroxylation is 1. The molecule has 7 heteroatoms. The van der Waals surface area contributed by atoms with Crippen LogP contribution in [0, 0.1) is 0 Å². The summed E-state index contributed by atoms with van der Waals surface area (Å²) in [6.45, 7) is 6.10. The third-order valence-electron chi connectivity index (χ3n) is 5.88. The van der Waals surface area contributed by atoms with E-state index < -0.39 is 0 Å². The predicted molar refractivity (Wildman–Crippen MR) is 136 cm³/mol. The zero-order valence-electron chi connectivity index (χ0n) is 19.5. The van der Waals surface area contributed by atoms with Gasteiger partial charge in [-0.1, -0.05) is 47.5 Å². The molecule has 2 N–H and O–H groups in total. The van der Waals surface area contributed by atoms with Crippen LogP contribution in [0.15, 0.2) is 36.4 Å². The van der Waals surface area contributed by atoms with E-state index in [1.54, 1.807) is 0 Å². The summed E-state index contributed by atoms with van der Waals surface area (Å²) in [7, 11) is 2.14. The third kappa shape index (κ3) is 8.52. The first-order valence-electron chi connectivity index (χ1n) is 11.8. The lowest BCUT2D eigenvalue weighted by molar-refractivity contribution is 0.0154. The van der Waals surface area contributed by atoms with Gasteiger partial charge >= 0.3 is 0 Å². The number of fused-ring (bicyclic) bond motifs is 1. The van der Waals surface area contributed by atoms with E-state index in [-0.39, 0.29) is 5.92 Å². The van der Waals surface area contributed by atoms with E-state index in [0.29, 0.717) is 44.6 Å². The van der Waals surface area contributed by atoms with Gasteiger partial charge in [-0.25, -0.2) is 0 Å². The van der Waals surface area contributed by atoms with Crippen molar-refractivity contribution in [2.24, 2.45) is 5.73 Å². The lowest BCUT2D eigenvalue weighted by Gasteiger charge is -2.33. The van der Waals surface area contributed by atoms with Crippen LogP contribution in [0.1, 0.15) is 41.0 Å². The number of nitrogens with two attached hydrogens (primary N) is 1. The maximum absolute atomic E-state index is 6.50. The molecule has 182 valence electrons. The number of ether oxygens (including phenoxy) is 3. The van der Waals surface area contributed by atoms with Crippen LogP contribution in [0.5, 0.6) is 0 Å². The quantitative estimate of drug-likeness (QED) is 0.378. The van der Waals surface area contributed by atoms with E-state index in [9.17, 15) is 0 Å². The first-order valence-corrected chi connectivity index (χ1v) is 12.5. The SMILES string of the molecule is CN1Cc2c(Cl)cc(Cl)cc2C(c2ccc(CCCCOCCOCCOCCN)cc2)C1. The molecule has 2 aromatic rings. The summed E-state index contributed by atoms with van der Waals surface area (Å²) in [4.78, 5) is 2.32. The Bertz CT molecular complexity index is 848. The molecule has 2 aromatic carbocycles. The van der Waals surface area contributed by atoms with Gasteiger partial charge in [-0.05, 0) is 60.7 Å². The molecule has 0 amide bonds. The summed E-state index contributed by atoms with van der Waals surface area (Å²) < 4.78 is 16.4. The van der Waals surface area contributed by atoms with Crippen molar-refractivity contribution in [3.05, 3.63) is 68.7 Å². The lowest BCUT2D eigenvalue weighted by atomic mass is 9.84. The number of hydrogen-bond acceptors (Lipinski definition) is 5. The van der Waals surface area contributed by atoms with Crippen molar-refractivity contribution in [2.75, 3.05) is 59.8 Å². The summed E-state index contributed by atoms with van der Waals surface area (Å²) in [5.74, 6) is 0.284. The number of likely N-dealkylation sites (N-methyl/N-ethyl adjacent to an activating group) is 1. The van der Waals surface area contributed by atoms with Crippen LogP contribution >= 0.6 is 23.2 Å². The van der Waals surface area contributed by atoms with Crippen molar-refractivity contribution in [1.82, 2.24) is 4.90 Å². The molecule has 0 saturated heterocycles. The van der Waals surface area contributed by atoms with Gasteiger partial charge in [0.1, 0.15) is 0 Å². The number of halogens is 2. The van der Waals surface area contributed by atoms with Crippen molar-refractivity contribution >= 4 is 23.2 Å². The minimum Gasteiger partial charge on any atom is -0.379 e. The topological polar surface area (TPSA) is 57.0 Å². The fourth-order valence-corrected chi connectivity index (χ4v) is 4.77. The lowest BCUT2D eigenvalue weighted by Crippen LogP contribution is -2.31. The highest BCUT2D eigenvalue weighted by Gasteiger charge is 2.26. The number of nitrogens with zero attached hydrogens (tertiary/aromatic N) is 1. The van der Waals surface area contributed by atoms with Gasteiger partial charge in [-0.2, -0.15) is 0 Å². The normalized spacial score (nSPS) is 16.2. The first-order chi connectivity index (χ1) is 16.1. The van der Waals surface area contributed by atoms with E-state index in [1.807, 2.05) is 6.07 Å². The van der Waals surface area contributed by atoms with Crippen molar-refractivity contribution in [1.29, 1.82) is 0 Å². The molecular weight excluding hydrogens is 459 g/mol. The zero-order valence-corrected chi connectivity index (χ0v) is 21.0. The molecule has 1 aliphatic rings. The summed E-state index contributed by atoms with van der Waals surface area (Å²) in [5, 5.41) is 1.46. The Morgan fingerprint density at radius 3 is 2.27 bits per heavy atom. The number of rotatable bonds is 14. The van der Waals surface area contributed by atoms with Gasteiger partial charge < -0.3 is 24.8 Å². The number of benzene rings is 2. The molecule has 33 heavy (non-hydrogen) atoms. The van der Waals surface area contributed by atoms with Crippen molar-refractivity contribution in [3.8, 4) is 0 Å². The minimum atomic E-state index is 0.284. The van der Waals surface area contributed by atoms with Gasteiger partial charge in [0.05, 0.1) is 33.0 Å². The second kappa shape index (κ2) is 14.3. The molecule has 5 nitrogen and oxygen atoms in total. The van der Waals surface area contributed by atoms with Crippen LogP contribution in [0.4, 0.5) is 0 Å². The van der Waals surface area contributed by atoms with Crippen LogP contribution < -0.4 is 5.73 Å². The number of unbranched alkanes of at least 4 members (excludes halogenated alkanes) is 1. The number of hydrogen-bond donors (Lipinski definition) is 1. The van der Waals surface area contributed by atoms with E-state index in [4.69, 9.17) is 43.1 Å². The minimum absolute atomic E-state index is 0.284. The van der Waals surface area contributed by atoms with Crippen molar-refractivity contribution in [2.45, 2.75) is 31.7 Å². The van der Waals surface area contributed by atoms with Crippen LogP contribution in [-0.2, 0) is 27.2 Å². The van der Waals surface area contributed by atoms with E-state index in [0.717, 1.165) is 44.0 Å². The van der Waals surface area contributed by atoms with Gasteiger partial charge in [-0.3, -0.25) is 0 Å². The highest BCUT2D eigenvalue weighted by atomic mass is 35.5. The monoisotopic (exact) mass is 494 g/mol. The molecule has 0 aliphatic carbocycles. The Balaban J connectivity index is 1.38. The summed E-state index contributed by atoms with van der Waals surface area (Å²) in [6, 6.07) is 12.9. The molecular formula is C26H36Cl2N2O3. The van der Waals surface area contributed by atoms with Gasteiger partial charge in [0, 0.05) is 42.2 Å². The Morgan fingerprint density at radius 2 is 1.58 bits per heavy atom. The van der Waals surface area contributed by atoms with Crippen LogP contribution in [0.25, 0.3) is 0 Å². The highest BCUT2D eigenvalue weighted by molar-refractivity contribution is 6.35. The molecule has 1 atom stereocenters. The summed E-state index contributed by atoms with van der Waals surface area (Å²) in [5.41, 5.74) is 10.5.